The van der Waals surface area contributed by atoms with Crippen molar-refractivity contribution in [3.63, 3.8) is 0 Å². The number of anilines is 2. The molecule has 1 aliphatic heterocycles. The van der Waals surface area contributed by atoms with E-state index in [0.717, 1.165) is 23.1 Å². The lowest BCUT2D eigenvalue weighted by Gasteiger charge is -2.34. The van der Waals surface area contributed by atoms with Crippen LogP contribution in [0.15, 0.2) is 66.9 Å². The number of carboxylic acids is 1. The summed E-state index contributed by atoms with van der Waals surface area (Å²) in [7, 11) is 0. The van der Waals surface area contributed by atoms with E-state index in [2.05, 4.69) is 20.9 Å². The molecule has 4 rings (SSSR count). The molecule has 0 aliphatic carbocycles. The van der Waals surface area contributed by atoms with Gasteiger partial charge in [-0.3, -0.25) is 4.79 Å². The Morgan fingerprint density at radius 3 is 2.68 bits per heavy atom. The van der Waals surface area contributed by atoms with Crippen molar-refractivity contribution in [1.29, 1.82) is 0 Å². The minimum atomic E-state index is -4.51. The van der Waals surface area contributed by atoms with Gasteiger partial charge in [0, 0.05) is 12.7 Å². The summed E-state index contributed by atoms with van der Waals surface area (Å²) in [4.78, 5) is 15.4. The standard InChI is InChI=1S/C25H25F3N4O2/c26-25(27,28)19-9-8-16(14-22(33)34)13-18(19)10-12-29-23(17-5-2-1-3-6-17)21-15-31-20-7-4-11-30-24(20)32-21/h1-9,11,13,21,23,29,31H,10,12,14-15H2,(H,30,32)(H,33,34)/t21-,23-/m1/s1. The fraction of sp³-hybridized carbons (Fsp3) is 0.280. The van der Waals surface area contributed by atoms with Crippen LogP contribution in [-0.4, -0.2) is 35.2 Å². The first kappa shape index (κ1) is 23.6. The van der Waals surface area contributed by atoms with E-state index in [0.29, 0.717) is 12.1 Å². The van der Waals surface area contributed by atoms with Crippen LogP contribution in [-0.2, 0) is 23.8 Å². The molecule has 3 aromatic rings. The number of carboxylic acid groups (broad SMARTS) is 1. The summed E-state index contributed by atoms with van der Waals surface area (Å²) in [6.07, 6.45) is -3.04. The number of hydrogen-bond acceptors (Lipinski definition) is 5. The minimum Gasteiger partial charge on any atom is -0.481 e. The normalized spacial score (nSPS) is 16.1. The number of pyridine rings is 1. The van der Waals surface area contributed by atoms with Crippen molar-refractivity contribution in [3.05, 3.63) is 89.1 Å². The predicted molar refractivity (Wildman–Crippen MR) is 124 cm³/mol. The highest BCUT2D eigenvalue weighted by Gasteiger charge is 2.33. The van der Waals surface area contributed by atoms with Crippen LogP contribution in [0.5, 0.6) is 0 Å². The largest absolute Gasteiger partial charge is 0.481 e. The van der Waals surface area contributed by atoms with Gasteiger partial charge in [0.15, 0.2) is 0 Å². The summed E-state index contributed by atoms with van der Waals surface area (Å²) in [6.45, 7) is 0.875. The maximum atomic E-state index is 13.6. The molecule has 0 amide bonds. The summed E-state index contributed by atoms with van der Waals surface area (Å²) < 4.78 is 40.7. The molecule has 9 heteroatoms. The van der Waals surface area contributed by atoms with Crippen LogP contribution in [0.1, 0.15) is 28.3 Å². The molecule has 178 valence electrons. The van der Waals surface area contributed by atoms with Crippen LogP contribution in [0, 0.1) is 0 Å². The number of rotatable bonds is 8. The van der Waals surface area contributed by atoms with Gasteiger partial charge in [-0.05, 0) is 47.9 Å². The molecule has 2 aromatic carbocycles. The van der Waals surface area contributed by atoms with Gasteiger partial charge in [0.1, 0.15) is 5.82 Å². The molecule has 1 aliphatic rings. The SMILES string of the molecule is O=C(O)Cc1ccc(C(F)(F)F)c(CCN[C@H](c2ccccc2)[C@H]2CNc3cccnc3N2)c1. The van der Waals surface area contributed by atoms with Gasteiger partial charge < -0.3 is 21.1 Å². The lowest BCUT2D eigenvalue weighted by molar-refractivity contribution is -0.138. The number of benzene rings is 2. The smallest absolute Gasteiger partial charge is 0.416 e. The van der Waals surface area contributed by atoms with Crippen LogP contribution in [0.3, 0.4) is 0 Å². The molecule has 2 atom stereocenters. The molecule has 6 nitrogen and oxygen atoms in total. The molecular formula is C25H25F3N4O2. The third-order valence-corrected chi connectivity index (χ3v) is 5.79. The Labute approximate surface area is 195 Å². The number of nitrogens with one attached hydrogen (secondary N) is 3. The second-order valence-corrected chi connectivity index (χ2v) is 8.18. The average Bonchev–Trinajstić information content (AvgIpc) is 2.81. The summed E-state index contributed by atoms with van der Waals surface area (Å²) in [5.74, 6) is -0.361. The van der Waals surface area contributed by atoms with Crippen molar-refractivity contribution < 1.29 is 23.1 Å². The van der Waals surface area contributed by atoms with E-state index in [-0.39, 0.29) is 37.0 Å². The molecule has 0 spiro atoms. The Balaban J connectivity index is 1.53. The second-order valence-electron chi connectivity index (χ2n) is 8.18. The molecule has 0 bridgehead atoms. The number of hydrogen-bond donors (Lipinski definition) is 4. The van der Waals surface area contributed by atoms with E-state index in [1.807, 2.05) is 42.5 Å². The highest BCUT2D eigenvalue weighted by atomic mass is 19.4. The molecule has 0 saturated carbocycles. The number of fused-ring (bicyclic) bond motifs is 1. The van der Waals surface area contributed by atoms with E-state index in [4.69, 9.17) is 5.11 Å². The minimum absolute atomic E-state index is 0.0762. The van der Waals surface area contributed by atoms with E-state index in [9.17, 15) is 18.0 Å². The first-order valence-electron chi connectivity index (χ1n) is 11.0. The van der Waals surface area contributed by atoms with Crippen LogP contribution in [0.2, 0.25) is 0 Å². The van der Waals surface area contributed by atoms with E-state index < -0.39 is 17.7 Å². The number of halogens is 3. The first-order chi connectivity index (χ1) is 16.3. The van der Waals surface area contributed by atoms with Crippen molar-refractivity contribution in [2.45, 2.75) is 31.1 Å². The summed E-state index contributed by atoms with van der Waals surface area (Å²) in [5.41, 5.74) is 1.58. The van der Waals surface area contributed by atoms with Gasteiger partial charge >= 0.3 is 12.1 Å². The topological polar surface area (TPSA) is 86.3 Å². The molecule has 0 unspecified atom stereocenters. The zero-order chi connectivity index (χ0) is 24.1. The van der Waals surface area contributed by atoms with Gasteiger partial charge in [0.05, 0.1) is 29.8 Å². The van der Waals surface area contributed by atoms with E-state index in [1.54, 1.807) is 6.20 Å². The van der Waals surface area contributed by atoms with Crippen LogP contribution < -0.4 is 16.0 Å². The fourth-order valence-electron chi connectivity index (χ4n) is 4.24. The highest BCUT2D eigenvalue weighted by Crippen LogP contribution is 2.33. The number of aliphatic carboxylic acids is 1. The Bertz CT molecular complexity index is 1140. The quantitative estimate of drug-likeness (QED) is 0.388. The Morgan fingerprint density at radius 1 is 1.15 bits per heavy atom. The molecule has 0 saturated heterocycles. The highest BCUT2D eigenvalue weighted by molar-refractivity contribution is 5.70. The van der Waals surface area contributed by atoms with Gasteiger partial charge in [-0.15, -0.1) is 0 Å². The molecule has 2 heterocycles. The Hall–Kier alpha value is -3.59. The summed E-state index contributed by atoms with van der Waals surface area (Å²) in [6, 6.07) is 16.7. The maximum Gasteiger partial charge on any atom is 0.416 e. The van der Waals surface area contributed by atoms with Gasteiger partial charge in [-0.2, -0.15) is 13.2 Å². The number of aromatic nitrogens is 1. The first-order valence-corrected chi connectivity index (χ1v) is 11.0. The average molecular weight is 470 g/mol. The number of alkyl halides is 3. The van der Waals surface area contributed by atoms with Crippen molar-refractivity contribution in [2.24, 2.45) is 0 Å². The zero-order valence-corrected chi connectivity index (χ0v) is 18.3. The maximum absolute atomic E-state index is 13.6. The summed E-state index contributed by atoms with van der Waals surface area (Å²) >= 11 is 0. The van der Waals surface area contributed by atoms with Crippen LogP contribution >= 0.6 is 0 Å². The number of carbonyl (C=O) groups is 1. The van der Waals surface area contributed by atoms with Crippen molar-refractivity contribution in [1.82, 2.24) is 10.3 Å². The fourth-order valence-corrected chi connectivity index (χ4v) is 4.24. The van der Waals surface area contributed by atoms with Crippen LogP contribution in [0.4, 0.5) is 24.7 Å². The van der Waals surface area contributed by atoms with Gasteiger partial charge in [0.2, 0.25) is 0 Å². The lowest BCUT2D eigenvalue weighted by Crippen LogP contribution is -2.44. The van der Waals surface area contributed by atoms with Gasteiger partial charge in [0.25, 0.3) is 0 Å². The van der Waals surface area contributed by atoms with E-state index in [1.165, 1.54) is 12.1 Å². The second kappa shape index (κ2) is 10.1. The third kappa shape index (κ3) is 5.66. The summed E-state index contributed by atoms with van der Waals surface area (Å²) in [5, 5.41) is 19.2. The monoisotopic (exact) mass is 470 g/mol. The zero-order valence-electron chi connectivity index (χ0n) is 18.3. The molecule has 1 aromatic heterocycles. The Morgan fingerprint density at radius 2 is 1.94 bits per heavy atom. The van der Waals surface area contributed by atoms with Crippen molar-refractivity contribution in [2.75, 3.05) is 23.7 Å². The van der Waals surface area contributed by atoms with Crippen LogP contribution in [0.25, 0.3) is 0 Å². The third-order valence-electron chi connectivity index (χ3n) is 5.79. The van der Waals surface area contributed by atoms with Crippen molar-refractivity contribution >= 4 is 17.5 Å². The molecule has 0 fully saturated rings. The van der Waals surface area contributed by atoms with E-state index >= 15 is 0 Å². The lowest BCUT2D eigenvalue weighted by atomic mass is 9.96. The Kier molecular flexibility index (Phi) is 7.02. The molecular weight excluding hydrogens is 445 g/mol. The predicted octanol–water partition coefficient (Wildman–Crippen LogP) is 4.51. The number of nitrogens with zero attached hydrogens (tertiary/aromatic N) is 1. The molecule has 0 radical (unpaired) electrons. The van der Waals surface area contributed by atoms with Gasteiger partial charge in [-0.1, -0.05) is 42.5 Å². The molecule has 34 heavy (non-hydrogen) atoms. The molecule has 4 N–H and O–H groups in total. The van der Waals surface area contributed by atoms with Crippen molar-refractivity contribution in [3.8, 4) is 0 Å². The van der Waals surface area contributed by atoms with Gasteiger partial charge in [-0.25, -0.2) is 4.98 Å².